The molecule has 0 saturated carbocycles. The molecular weight excluding hydrogens is 264 g/mol. The molecule has 0 amide bonds. The van der Waals surface area contributed by atoms with Gasteiger partial charge in [0.05, 0.1) is 0 Å². The zero-order chi connectivity index (χ0) is 16.4. The molecule has 0 heteroatoms. The van der Waals surface area contributed by atoms with Crippen LogP contribution in [0, 0.1) is 5.92 Å². The summed E-state index contributed by atoms with van der Waals surface area (Å²) in [4.78, 5) is 0. The Morgan fingerprint density at radius 1 is 1.09 bits per heavy atom. The van der Waals surface area contributed by atoms with E-state index in [1.54, 1.807) is 0 Å². The normalized spacial score (nSPS) is 17.9. The Bertz CT molecular complexity index is 489. The van der Waals surface area contributed by atoms with Crippen LogP contribution in [0.1, 0.15) is 83.4 Å². The van der Waals surface area contributed by atoms with Gasteiger partial charge >= 0.3 is 0 Å². The van der Waals surface area contributed by atoms with E-state index in [-0.39, 0.29) is 0 Å². The van der Waals surface area contributed by atoms with Crippen LogP contribution in [0.3, 0.4) is 0 Å². The minimum atomic E-state index is 0.760. The molecule has 1 aromatic rings. The van der Waals surface area contributed by atoms with E-state index in [4.69, 9.17) is 0 Å². The summed E-state index contributed by atoms with van der Waals surface area (Å²) in [6, 6.07) is 6.95. The van der Waals surface area contributed by atoms with E-state index in [0.29, 0.717) is 0 Å². The predicted octanol–water partition coefficient (Wildman–Crippen LogP) is 7.29. The van der Waals surface area contributed by atoms with Crippen molar-refractivity contribution in [2.24, 2.45) is 5.92 Å². The van der Waals surface area contributed by atoms with Gasteiger partial charge < -0.3 is 0 Å². The fourth-order valence-corrected chi connectivity index (χ4v) is 2.83. The lowest BCUT2D eigenvalue weighted by molar-refractivity contribution is 0.709. The fraction of sp³-hybridized carbons (Fsp3) is 0.545. The molecule has 0 aliphatic heterocycles. The quantitative estimate of drug-likeness (QED) is 0.549. The monoisotopic (exact) mass is 298 g/mol. The summed E-state index contributed by atoms with van der Waals surface area (Å²) in [6.07, 6.45) is 14.7. The van der Waals surface area contributed by atoms with Gasteiger partial charge in [-0.05, 0) is 53.5 Å². The van der Waals surface area contributed by atoms with E-state index in [9.17, 15) is 0 Å². The van der Waals surface area contributed by atoms with Crippen LogP contribution in [0.2, 0.25) is 0 Å². The third kappa shape index (κ3) is 5.16. The minimum absolute atomic E-state index is 0.760. The number of aryl methyl sites for hydroxylation is 1. The maximum Gasteiger partial charge on any atom is -0.0153 e. The van der Waals surface area contributed by atoms with Gasteiger partial charge in [-0.25, -0.2) is 0 Å². The highest BCUT2D eigenvalue weighted by atomic mass is 14.2. The summed E-state index contributed by atoms with van der Waals surface area (Å²) in [6.45, 7) is 10.7. The maximum atomic E-state index is 2.36. The first-order valence-electron chi connectivity index (χ1n) is 9.26. The van der Waals surface area contributed by atoms with E-state index in [0.717, 1.165) is 5.92 Å². The second-order valence-electron chi connectivity index (χ2n) is 6.00. The van der Waals surface area contributed by atoms with Gasteiger partial charge in [0.1, 0.15) is 0 Å². The van der Waals surface area contributed by atoms with Crippen LogP contribution in [0.4, 0.5) is 0 Å². The van der Waals surface area contributed by atoms with Crippen molar-refractivity contribution in [2.75, 3.05) is 0 Å². The number of hydrogen-bond acceptors (Lipinski definition) is 0. The Labute approximate surface area is 138 Å². The Balaban J connectivity index is 0.000000299. The predicted molar refractivity (Wildman–Crippen MR) is 102 cm³/mol. The third-order valence-electron chi connectivity index (χ3n) is 4.29. The van der Waals surface area contributed by atoms with Gasteiger partial charge in [-0.3, -0.25) is 0 Å². The number of benzene rings is 1. The van der Waals surface area contributed by atoms with Crippen LogP contribution < -0.4 is 0 Å². The first-order chi connectivity index (χ1) is 10.8. The molecule has 0 bridgehead atoms. The van der Waals surface area contributed by atoms with Crippen molar-refractivity contribution in [3.8, 4) is 0 Å². The Kier molecular flexibility index (Phi) is 8.89. The van der Waals surface area contributed by atoms with Gasteiger partial charge in [-0.1, -0.05) is 84.2 Å². The van der Waals surface area contributed by atoms with Crippen molar-refractivity contribution >= 4 is 11.6 Å². The molecule has 1 unspecified atom stereocenters. The molecule has 1 atom stereocenters. The second kappa shape index (κ2) is 10.4. The number of rotatable bonds is 3. The van der Waals surface area contributed by atoms with Crippen molar-refractivity contribution < 1.29 is 0 Å². The lowest BCUT2D eigenvalue weighted by atomic mass is 9.80. The lowest BCUT2D eigenvalue weighted by Gasteiger charge is -2.24. The lowest BCUT2D eigenvalue weighted by Crippen LogP contribution is -2.07. The smallest absolute Gasteiger partial charge is 0.0153 e. The molecule has 0 fully saturated rings. The first-order valence-corrected chi connectivity index (χ1v) is 9.26. The standard InChI is InChI=1S/C15H16.C5H12.C2H6/c1-11-6-9-15(11)14-8-7-12-4-2-3-5-13(12)10-14;1-3-5-4-2;1-2/h3,5,7-11H,2,4,6H2,1H3;3-5H2,1-2H3;1-2H3. The average molecular weight is 299 g/mol. The molecule has 0 saturated heterocycles. The van der Waals surface area contributed by atoms with Crippen molar-refractivity contribution in [1.82, 2.24) is 0 Å². The number of fused-ring (bicyclic) bond motifs is 1. The maximum absolute atomic E-state index is 2.36. The van der Waals surface area contributed by atoms with Crippen molar-refractivity contribution in [3.05, 3.63) is 47.0 Å². The van der Waals surface area contributed by atoms with E-state index < -0.39 is 0 Å². The third-order valence-corrected chi connectivity index (χ3v) is 4.29. The molecule has 22 heavy (non-hydrogen) atoms. The van der Waals surface area contributed by atoms with Crippen LogP contribution in [0.5, 0.6) is 0 Å². The van der Waals surface area contributed by atoms with Crippen LogP contribution in [0.15, 0.2) is 30.4 Å². The highest BCUT2D eigenvalue weighted by Gasteiger charge is 2.18. The number of allylic oxidation sites excluding steroid dienone is 3. The SMILES string of the molecule is CC.CC1CC=C1c1ccc2c(c1)C=CCC2.CCCCC. The summed E-state index contributed by atoms with van der Waals surface area (Å²) in [5.41, 5.74) is 5.91. The Hall–Kier alpha value is -1.30. The molecule has 0 aromatic heterocycles. The average Bonchev–Trinajstić information content (AvgIpc) is 2.56. The summed E-state index contributed by atoms with van der Waals surface area (Å²) in [7, 11) is 0. The fourth-order valence-electron chi connectivity index (χ4n) is 2.83. The Morgan fingerprint density at radius 2 is 1.82 bits per heavy atom. The summed E-state index contributed by atoms with van der Waals surface area (Å²) < 4.78 is 0. The van der Waals surface area contributed by atoms with Crippen LogP contribution in [-0.2, 0) is 6.42 Å². The molecule has 2 aliphatic carbocycles. The van der Waals surface area contributed by atoms with Crippen molar-refractivity contribution in [1.29, 1.82) is 0 Å². The van der Waals surface area contributed by atoms with E-state index in [1.807, 2.05) is 13.8 Å². The van der Waals surface area contributed by atoms with Gasteiger partial charge in [0.15, 0.2) is 0 Å². The molecule has 122 valence electrons. The highest BCUT2D eigenvalue weighted by Crippen LogP contribution is 2.36. The minimum Gasteiger partial charge on any atom is -0.0836 e. The summed E-state index contributed by atoms with van der Waals surface area (Å²) in [5.74, 6) is 0.760. The molecule has 0 spiro atoms. The van der Waals surface area contributed by atoms with Gasteiger partial charge in [0, 0.05) is 0 Å². The van der Waals surface area contributed by atoms with Crippen LogP contribution >= 0.6 is 0 Å². The summed E-state index contributed by atoms with van der Waals surface area (Å²) in [5, 5.41) is 0. The van der Waals surface area contributed by atoms with Gasteiger partial charge in [0.25, 0.3) is 0 Å². The van der Waals surface area contributed by atoms with Crippen LogP contribution in [0.25, 0.3) is 11.6 Å². The molecule has 0 N–H and O–H groups in total. The van der Waals surface area contributed by atoms with Crippen molar-refractivity contribution in [3.63, 3.8) is 0 Å². The molecule has 0 nitrogen and oxygen atoms in total. The van der Waals surface area contributed by atoms with Gasteiger partial charge in [0.2, 0.25) is 0 Å². The largest absolute Gasteiger partial charge is 0.0836 e. The number of unbranched alkanes of at least 4 members (excludes halogenated alkanes) is 2. The van der Waals surface area contributed by atoms with E-state index in [2.05, 4.69) is 57.2 Å². The van der Waals surface area contributed by atoms with E-state index >= 15 is 0 Å². The molecule has 3 rings (SSSR count). The summed E-state index contributed by atoms with van der Waals surface area (Å²) >= 11 is 0. The van der Waals surface area contributed by atoms with Gasteiger partial charge in [-0.2, -0.15) is 0 Å². The van der Waals surface area contributed by atoms with Crippen molar-refractivity contribution in [2.45, 2.75) is 73.1 Å². The highest BCUT2D eigenvalue weighted by molar-refractivity contribution is 5.74. The molecular formula is C22H34. The van der Waals surface area contributed by atoms with E-state index in [1.165, 1.54) is 60.8 Å². The molecule has 0 heterocycles. The zero-order valence-electron chi connectivity index (χ0n) is 15.3. The first kappa shape index (κ1) is 18.7. The van der Waals surface area contributed by atoms with Gasteiger partial charge in [-0.15, -0.1) is 0 Å². The second-order valence-corrected chi connectivity index (χ2v) is 6.00. The molecule has 0 radical (unpaired) electrons. The number of hydrogen-bond donors (Lipinski definition) is 0. The van der Waals surface area contributed by atoms with Crippen LogP contribution in [-0.4, -0.2) is 0 Å². The Morgan fingerprint density at radius 3 is 2.32 bits per heavy atom. The molecule has 2 aliphatic rings. The topological polar surface area (TPSA) is 0 Å². The molecule has 1 aromatic carbocycles. The zero-order valence-corrected chi connectivity index (χ0v) is 15.3.